The predicted octanol–water partition coefficient (Wildman–Crippen LogP) is 2.73. The fourth-order valence-electron chi connectivity index (χ4n) is 1.93. The van der Waals surface area contributed by atoms with E-state index in [2.05, 4.69) is 0 Å². The van der Waals surface area contributed by atoms with Crippen LogP contribution < -0.4 is 5.73 Å². The minimum absolute atomic E-state index is 0.0477. The van der Waals surface area contributed by atoms with E-state index in [1.165, 1.54) is 18.2 Å². The molecule has 0 bridgehead atoms. The van der Waals surface area contributed by atoms with Crippen LogP contribution in [-0.4, -0.2) is 17.3 Å². The number of ketones is 1. The lowest BCUT2D eigenvalue weighted by Crippen LogP contribution is -2.21. The molecule has 1 aromatic carbocycles. The van der Waals surface area contributed by atoms with Gasteiger partial charge in [-0.2, -0.15) is 11.8 Å². The zero-order valence-electron chi connectivity index (χ0n) is 8.91. The van der Waals surface area contributed by atoms with Crippen LogP contribution >= 0.6 is 11.8 Å². The third kappa shape index (κ3) is 2.38. The zero-order valence-corrected chi connectivity index (χ0v) is 9.73. The summed E-state index contributed by atoms with van der Waals surface area (Å²) in [6, 6.07) is 4.00. The van der Waals surface area contributed by atoms with Crippen molar-refractivity contribution in [3.63, 3.8) is 0 Å². The largest absolute Gasteiger partial charge is 0.398 e. The van der Waals surface area contributed by atoms with Gasteiger partial charge in [0.15, 0.2) is 5.78 Å². The molecule has 0 aromatic heterocycles. The molecule has 1 saturated heterocycles. The fourth-order valence-corrected chi connectivity index (χ4v) is 3.07. The number of carbonyl (C=O) groups is 1. The van der Waals surface area contributed by atoms with Crippen molar-refractivity contribution in [1.82, 2.24) is 0 Å². The minimum atomic E-state index is -0.396. The molecule has 1 aromatic rings. The lowest BCUT2D eigenvalue weighted by atomic mass is 9.94. The fraction of sp³-hybridized carbons (Fsp3) is 0.417. The minimum Gasteiger partial charge on any atom is -0.398 e. The lowest BCUT2D eigenvalue weighted by Gasteiger charge is -2.20. The van der Waals surface area contributed by atoms with Crippen LogP contribution in [0, 0.1) is 11.7 Å². The second-order valence-electron chi connectivity index (χ2n) is 4.01. The van der Waals surface area contributed by atoms with Crippen LogP contribution in [0.3, 0.4) is 0 Å². The van der Waals surface area contributed by atoms with Crippen molar-refractivity contribution in [3.8, 4) is 0 Å². The number of anilines is 1. The van der Waals surface area contributed by atoms with Crippen LogP contribution in [0.2, 0.25) is 0 Å². The van der Waals surface area contributed by atoms with Crippen molar-refractivity contribution in [2.45, 2.75) is 12.8 Å². The lowest BCUT2D eigenvalue weighted by molar-refractivity contribution is 0.0926. The summed E-state index contributed by atoms with van der Waals surface area (Å²) in [6.07, 6.45) is 1.99. The highest BCUT2D eigenvalue weighted by molar-refractivity contribution is 7.99. The van der Waals surface area contributed by atoms with Crippen LogP contribution in [0.1, 0.15) is 23.2 Å². The summed E-state index contributed by atoms with van der Waals surface area (Å²) in [5, 5.41) is 0. The van der Waals surface area contributed by atoms with E-state index in [0.29, 0.717) is 5.56 Å². The number of benzene rings is 1. The maximum absolute atomic E-state index is 12.9. The van der Waals surface area contributed by atoms with Gasteiger partial charge in [-0.1, -0.05) is 0 Å². The van der Waals surface area contributed by atoms with E-state index in [4.69, 9.17) is 5.73 Å². The van der Waals surface area contributed by atoms with Gasteiger partial charge in [0.2, 0.25) is 0 Å². The van der Waals surface area contributed by atoms with E-state index < -0.39 is 5.82 Å². The zero-order chi connectivity index (χ0) is 11.5. The standard InChI is InChI=1S/C12H14FNOS/c13-9-3-4-10(11(14)6-9)12(15)8-2-1-5-16-7-8/h3-4,6,8H,1-2,5,7,14H2. The van der Waals surface area contributed by atoms with Gasteiger partial charge < -0.3 is 5.73 Å². The predicted molar refractivity (Wildman–Crippen MR) is 65.2 cm³/mol. The normalized spacial score (nSPS) is 20.7. The van der Waals surface area contributed by atoms with Crippen LogP contribution in [0.15, 0.2) is 18.2 Å². The molecule has 0 aliphatic carbocycles. The Balaban J connectivity index is 2.19. The van der Waals surface area contributed by atoms with E-state index in [1.807, 2.05) is 0 Å². The first-order chi connectivity index (χ1) is 7.68. The number of Topliss-reactive ketones (excluding diaryl/α,β-unsaturated/α-hetero) is 1. The molecule has 2 rings (SSSR count). The van der Waals surface area contributed by atoms with Crippen molar-refractivity contribution in [3.05, 3.63) is 29.6 Å². The summed E-state index contributed by atoms with van der Waals surface area (Å²) < 4.78 is 12.9. The highest BCUT2D eigenvalue weighted by Gasteiger charge is 2.24. The number of rotatable bonds is 2. The molecule has 0 radical (unpaired) electrons. The Morgan fingerprint density at radius 3 is 2.94 bits per heavy atom. The van der Waals surface area contributed by atoms with Crippen molar-refractivity contribution in [1.29, 1.82) is 0 Å². The smallest absolute Gasteiger partial charge is 0.168 e. The second kappa shape index (κ2) is 4.87. The molecule has 86 valence electrons. The number of halogens is 1. The van der Waals surface area contributed by atoms with Gasteiger partial charge in [-0.3, -0.25) is 4.79 Å². The Bertz CT molecular complexity index is 402. The van der Waals surface area contributed by atoms with Gasteiger partial charge >= 0.3 is 0 Å². The summed E-state index contributed by atoms with van der Waals surface area (Å²) in [6.45, 7) is 0. The van der Waals surface area contributed by atoms with Crippen molar-refractivity contribution in [2.75, 3.05) is 17.2 Å². The Morgan fingerprint density at radius 2 is 2.31 bits per heavy atom. The number of nitrogens with two attached hydrogens (primary N) is 1. The topological polar surface area (TPSA) is 43.1 Å². The van der Waals surface area contributed by atoms with E-state index in [-0.39, 0.29) is 17.4 Å². The van der Waals surface area contributed by atoms with Crippen LogP contribution in [0.25, 0.3) is 0 Å². The van der Waals surface area contributed by atoms with Crippen molar-refractivity contribution in [2.24, 2.45) is 5.92 Å². The summed E-state index contributed by atoms with van der Waals surface area (Å²) >= 11 is 1.80. The molecule has 1 unspecified atom stereocenters. The molecule has 2 N–H and O–H groups in total. The molecular weight excluding hydrogens is 225 g/mol. The number of thioether (sulfide) groups is 1. The molecule has 0 saturated carbocycles. The molecular formula is C12H14FNOS. The first-order valence-electron chi connectivity index (χ1n) is 5.35. The summed E-state index contributed by atoms with van der Waals surface area (Å²) in [5.74, 6) is 1.70. The average molecular weight is 239 g/mol. The maximum atomic E-state index is 12.9. The quantitative estimate of drug-likeness (QED) is 0.637. The molecule has 1 fully saturated rings. The summed E-state index contributed by atoms with van der Waals surface area (Å²) in [7, 11) is 0. The van der Waals surface area contributed by atoms with Gasteiger partial charge in [-0.25, -0.2) is 4.39 Å². The van der Waals surface area contributed by atoms with Crippen LogP contribution in [-0.2, 0) is 0 Å². The van der Waals surface area contributed by atoms with Gasteiger partial charge in [-0.05, 0) is 36.8 Å². The van der Waals surface area contributed by atoms with Crippen LogP contribution in [0.4, 0.5) is 10.1 Å². The first kappa shape index (κ1) is 11.5. The Hall–Kier alpha value is -1.03. The van der Waals surface area contributed by atoms with E-state index in [1.54, 1.807) is 11.8 Å². The SMILES string of the molecule is Nc1cc(F)ccc1C(=O)C1CCCSC1. The van der Waals surface area contributed by atoms with Crippen LogP contribution in [0.5, 0.6) is 0 Å². The highest BCUT2D eigenvalue weighted by Crippen LogP contribution is 2.27. The summed E-state index contributed by atoms with van der Waals surface area (Å²) in [5.41, 5.74) is 6.38. The first-order valence-corrected chi connectivity index (χ1v) is 6.51. The second-order valence-corrected chi connectivity index (χ2v) is 5.16. The number of nitrogen functional groups attached to an aromatic ring is 1. The van der Waals surface area contributed by atoms with E-state index >= 15 is 0 Å². The average Bonchev–Trinajstić information content (AvgIpc) is 2.29. The van der Waals surface area contributed by atoms with E-state index in [9.17, 15) is 9.18 Å². The van der Waals surface area contributed by atoms with Gasteiger partial charge in [0.05, 0.1) is 0 Å². The van der Waals surface area contributed by atoms with Crippen molar-refractivity contribution >= 4 is 23.2 Å². The monoisotopic (exact) mass is 239 g/mol. The Labute approximate surface area is 98.4 Å². The van der Waals surface area contributed by atoms with Gasteiger partial charge in [0.1, 0.15) is 5.82 Å². The molecule has 1 atom stereocenters. The van der Waals surface area contributed by atoms with Crippen molar-refractivity contribution < 1.29 is 9.18 Å². The molecule has 1 aliphatic rings. The number of hydrogen-bond acceptors (Lipinski definition) is 3. The van der Waals surface area contributed by atoms with E-state index in [0.717, 1.165) is 24.3 Å². The summed E-state index contributed by atoms with van der Waals surface area (Å²) in [4.78, 5) is 12.1. The number of carbonyl (C=O) groups excluding carboxylic acids is 1. The van der Waals surface area contributed by atoms with Gasteiger partial charge in [0.25, 0.3) is 0 Å². The maximum Gasteiger partial charge on any atom is 0.168 e. The molecule has 1 heterocycles. The molecule has 16 heavy (non-hydrogen) atoms. The molecule has 0 amide bonds. The van der Waals surface area contributed by atoms with Gasteiger partial charge in [-0.15, -0.1) is 0 Å². The molecule has 1 aliphatic heterocycles. The molecule has 2 nitrogen and oxygen atoms in total. The third-order valence-corrected chi connectivity index (χ3v) is 4.03. The van der Waals surface area contributed by atoms with Gasteiger partial charge in [0, 0.05) is 22.9 Å². The Morgan fingerprint density at radius 1 is 1.50 bits per heavy atom. The molecule has 0 spiro atoms. The Kier molecular flexibility index (Phi) is 3.49. The molecule has 4 heteroatoms. The number of hydrogen-bond donors (Lipinski definition) is 1. The third-order valence-electron chi connectivity index (χ3n) is 2.81. The highest BCUT2D eigenvalue weighted by atomic mass is 32.2.